The summed E-state index contributed by atoms with van der Waals surface area (Å²) < 4.78 is 43.4. The van der Waals surface area contributed by atoms with Crippen molar-refractivity contribution >= 4 is 22.4 Å². The largest absolute Gasteiger partial charge is 0.433 e. The van der Waals surface area contributed by atoms with Gasteiger partial charge in [-0.15, -0.1) is 11.3 Å². The van der Waals surface area contributed by atoms with Gasteiger partial charge in [-0.1, -0.05) is 0 Å². The topological polar surface area (TPSA) is 69.0 Å². The molecule has 0 spiro atoms. The molecule has 114 valence electrons. The van der Waals surface area contributed by atoms with Crippen LogP contribution in [0.3, 0.4) is 0 Å². The van der Waals surface area contributed by atoms with Crippen molar-refractivity contribution in [3.8, 4) is 0 Å². The lowest BCUT2D eigenvalue weighted by Gasteiger charge is -2.04. The summed E-state index contributed by atoms with van der Waals surface area (Å²) in [5.41, 5.74) is -0.699. The molecule has 0 aromatic carbocycles. The van der Waals surface area contributed by atoms with E-state index in [1.165, 1.54) is 7.11 Å². The number of rotatable bonds is 4. The molecule has 0 unspecified atom stereocenters. The fourth-order valence-electron chi connectivity index (χ4n) is 1.58. The highest BCUT2D eigenvalue weighted by atomic mass is 32.1. The summed E-state index contributed by atoms with van der Waals surface area (Å²) in [5.74, 6) is -0.751. The Morgan fingerprint density at radius 3 is 2.81 bits per heavy atom. The number of halogens is 3. The van der Waals surface area contributed by atoms with Crippen molar-refractivity contribution in [3.63, 3.8) is 0 Å². The van der Waals surface area contributed by atoms with Crippen molar-refractivity contribution in [1.82, 2.24) is 14.8 Å². The fraction of sp³-hybridized carbons (Fsp3) is 0.364. The average molecular weight is 320 g/mol. The molecule has 0 aliphatic carbocycles. The van der Waals surface area contributed by atoms with Gasteiger partial charge in [0.2, 0.25) is 0 Å². The van der Waals surface area contributed by atoms with Gasteiger partial charge in [0.1, 0.15) is 5.69 Å². The molecular weight excluding hydrogens is 309 g/mol. The molecule has 0 saturated carbocycles. The van der Waals surface area contributed by atoms with Gasteiger partial charge in [0.05, 0.1) is 12.3 Å². The molecule has 2 rings (SSSR count). The summed E-state index contributed by atoms with van der Waals surface area (Å²) in [7, 11) is 2.63. The number of carbonyl (C=O) groups excluding carboxylic acids is 1. The van der Waals surface area contributed by atoms with E-state index >= 15 is 0 Å². The number of hydrogen-bond donors (Lipinski definition) is 1. The Labute approximate surface area is 121 Å². The predicted octanol–water partition coefficient (Wildman–Crippen LogP) is 2.29. The van der Waals surface area contributed by atoms with Gasteiger partial charge < -0.3 is 4.74 Å². The van der Waals surface area contributed by atoms with E-state index in [4.69, 9.17) is 4.74 Å². The molecule has 2 aromatic heterocycles. The quantitative estimate of drug-likeness (QED) is 0.938. The van der Waals surface area contributed by atoms with Crippen LogP contribution < -0.4 is 5.32 Å². The van der Waals surface area contributed by atoms with E-state index < -0.39 is 17.8 Å². The van der Waals surface area contributed by atoms with E-state index in [0.29, 0.717) is 16.4 Å². The van der Waals surface area contributed by atoms with Gasteiger partial charge in [0, 0.05) is 25.6 Å². The standard InChI is InChI=1S/C11H11F3N4O2S/c1-18-8(11(12,13)14)3-7(17-18)9(19)16-10-15-6(4-20-2)5-21-10/h3,5H,4H2,1-2H3,(H,15,16,19). The number of carbonyl (C=O) groups is 1. The Morgan fingerprint density at radius 1 is 1.52 bits per heavy atom. The molecule has 0 fully saturated rings. The molecule has 0 aliphatic heterocycles. The van der Waals surface area contributed by atoms with Crippen LogP contribution in [0.25, 0.3) is 0 Å². The number of nitrogens with zero attached hydrogens (tertiary/aromatic N) is 3. The molecule has 0 bridgehead atoms. The van der Waals surface area contributed by atoms with E-state index in [1.54, 1.807) is 5.38 Å². The lowest BCUT2D eigenvalue weighted by molar-refractivity contribution is -0.143. The first-order chi connectivity index (χ1) is 9.81. The number of hydrogen-bond acceptors (Lipinski definition) is 5. The molecule has 2 heterocycles. The highest BCUT2D eigenvalue weighted by molar-refractivity contribution is 7.13. The first-order valence-electron chi connectivity index (χ1n) is 5.67. The van der Waals surface area contributed by atoms with Crippen molar-refractivity contribution in [3.05, 3.63) is 28.5 Å². The minimum atomic E-state index is -4.56. The van der Waals surface area contributed by atoms with Crippen LogP contribution >= 0.6 is 11.3 Å². The van der Waals surface area contributed by atoms with E-state index in [9.17, 15) is 18.0 Å². The molecule has 0 saturated heterocycles. The van der Waals surface area contributed by atoms with E-state index in [-0.39, 0.29) is 17.4 Å². The zero-order valence-corrected chi connectivity index (χ0v) is 11.9. The van der Waals surface area contributed by atoms with Crippen molar-refractivity contribution in [2.45, 2.75) is 12.8 Å². The maximum atomic E-state index is 12.6. The van der Waals surface area contributed by atoms with Crippen LogP contribution in [0.5, 0.6) is 0 Å². The number of ether oxygens (including phenoxy) is 1. The van der Waals surface area contributed by atoms with Crippen LogP contribution in [0.4, 0.5) is 18.3 Å². The normalized spacial score (nSPS) is 11.7. The number of nitrogens with one attached hydrogen (secondary N) is 1. The van der Waals surface area contributed by atoms with Gasteiger partial charge in [-0.3, -0.25) is 14.8 Å². The monoisotopic (exact) mass is 320 g/mol. The van der Waals surface area contributed by atoms with E-state index in [0.717, 1.165) is 18.4 Å². The van der Waals surface area contributed by atoms with Gasteiger partial charge in [0.15, 0.2) is 10.8 Å². The molecular formula is C11H11F3N4O2S. The summed E-state index contributed by atoms with van der Waals surface area (Å²) in [6.07, 6.45) is -4.56. The highest BCUT2D eigenvalue weighted by Crippen LogP contribution is 2.29. The summed E-state index contributed by atoms with van der Waals surface area (Å²) in [4.78, 5) is 15.9. The smallest absolute Gasteiger partial charge is 0.378 e. The maximum Gasteiger partial charge on any atom is 0.433 e. The van der Waals surface area contributed by atoms with Gasteiger partial charge >= 0.3 is 6.18 Å². The third-order valence-electron chi connectivity index (χ3n) is 2.47. The number of anilines is 1. The highest BCUT2D eigenvalue weighted by Gasteiger charge is 2.35. The fourth-order valence-corrected chi connectivity index (χ4v) is 2.27. The summed E-state index contributed by atoms with van der Waals surface area (Å²) >= 11 is 1.15. The third-order valence-corrected chi connectivity index (χ3v) is 3.27. The van der Waals surface area contributed by atoms with Crippen molar-refractivity contribution in [1.29, 1.82) is 0 Å². The van der Waals surface area contributed by atoms with Gasteiger partial charge in [-0.05, 0) is 0 Å². The molecule has 0 aliphatic rings. The second-order valence-electron chi connectivity index (χ2n) is 4.07. The van der Waals surface area contributed by atoms with Crippen molar-refractivity contribution in [2.75, 3.05) is 12.4 Å². The average Bonchev–Trinajstić information content (AvgIpc) is 2.96. The molecule has 1 amide bonds. The number of methoxy groups -OCH3 is 1. The molecule has 0 radical (unpaired) electrons. The number of alkyl halides is 3. The lowest BCUT2D eigenvalue weighted by Crippen LogP contribution is -2.13. The second-order valence-corrected chi connectivity index (χ2v) is 4.93. The SMILES string of the molecule is COCc1csc(NC(=O)c2cc(C(F)(F)F)n(C)n2)n1. The minimum Gasteiger partial charge on any atom is -0.378 e. The first kappa shape index (κ1) is 15.4. The summed E-state index contributed by atoms with van der Waals surface area (Å²) in [6, 6.07) is 0.693. The summed E-state index contributed by atoms with van der Waals surface area (Å²) in [5, 5.41) is 7.90. The Bertz CT molecular complexity index is 650. The predicted molar refractivity (Wildman–Crippen MR) is 69.0 cm³/mol. The third kappa shape index (κ3) is 3.58. The maximum absolute atomic E-state index is 12.6. The Kier molecular flexibility index (Phi) is 4.28. The summed E-state index contributed by atoms with van der Waals surface area (Å²) in [6.45, 7) is 0.286. The van der Waals surface area contributed by atoms with Crippen LogP contribution in [-0.2, 0) is 24.6 Å². The van der Waals surface area contributed by atoms with Crippen LogP contribution in [0.2, 0.25) is 0 Å². The number of amides is 1. The van der Waals surface area contributed by atoms with Crippen molar-refractivity contribution < 1.29 is 22.7 Å². The van der Waals surface area contributed by atoms with E-state index in [2.05, 4.69) is 15.4 Å². The lowest BCUT2D eigenvalue weighted by atomic mass is 10.3. The first-order valence-corrected chi connectivity index (χ1v) is 6.55. The number of aromatic nitrogens is 3. The molecule has 10 heteroatoms. The minimum absolute atomic E-state index is 0.270. The van der Waals surface area contributed by atoms with E-state index in [1.807, 2.05) is 0 Å². The van der Waals surface area contributed by atoms with Crippen LogP contribution in [0.15, 0.2) is 11.4 Å². The molecule has 6 nitrogen and oxygen atoms in total. The van der Waals surface area contributed by atoms with Crippen LogP contribution in [-0.4, -0.2) is 27.8 Å². The van der Waals surface area contributed by atoms with Crippen LogP contribution in [0.1, 0.15) is 21.9 Å². The Hall–Kier alpha value is -1.94. The molecule has 2 aromatic rings. The Morgan fingerprint density at radius 2 is 2.24 bits per heavy atom. The Balaban J connectivity index is 2.13. The van der Waals surface area contributed by atoms with Crippen LogP contribution in [0, 0.1) is 0 Å². The second kappa shape index (κ2) is 5.82. The van der Waals surface area contributed by atoms with Gasteiger partial charge in [-0.25, -0.2) is 4.98 Å². The number of aryl methyl sites for hydroxylation is 1. The van der Waals surface area contributed by atoms with Gasteiger partial charge in [0.25, 0.3) is 5.91 Å². The van der Waals surface area contributed by atoms with Crippen molar-refractivity contribution in [2.24, 2.45) is 7.05 Å². The molecule has 1 N–H and O–H groups in total. The zero-order valence-electron chi connectivity index (χ0n) is 11.1. The van der Waals surface area contributed by atoms with Gasteiger partial charge in [-0.2, -0.15) is 18.3 Å². The molecule has 21 heavy (non-hydrogen) atoms. The molecule has 0 atom stereocenters. The zero-order chi connectivity index (χ0) is 15.6. The number of thiazole rings is 1.